The van der Waals surface area contributed by atoms with E-state index in [4.69, 9.17) is 0 Å². The molecule has 1 fully saturated rings. The van der Waals surface area contributed by atoms with E-state index in [1.807, 2.05) is 0 Å². The molecule has 108 valence electrons. The van der Waals surface area contributed by atoms with Gasteiger partial charge in [-0.15, -0.1) is 11.3 Å². The summed E-state index contributed by atoms with van der Waals surface area (Å²) >= 11 is 1.73. The van der Waals surface area contributed by atoms with Crippen molar-refractivity contribution in [3.63, 3.8) is 0 Å². The molecule has 0 atom stereocenters. The molecular weight excluding hydrogens is 268 g/mol. The van der Waals surface area contributed by atoms with Crippen LogP contribution in [0.4, 0.5) is 5.82 Å². The van der Waals surface area contributed by atoms with E-state index in [0.29, 0.717) is 0 Å². The summed E-state index contributed by atoms with van der Waals surface area (Å²) in [5.41, 5.74) is 2.32. The number of aromatic nitrogens is 2. The lowest BCUT2D eigenvalue weighted by atomic mass is 10.2. The first-order valence-corrected chi connectivity index (χ1v) is 8.37. The SMILES string of the molecule is Cc1csc2c(NCCN3CCCCCC3)ncnc12. The third kappa shape index (κ3) is 3.10. The molecule has 0 saturated carbocycles. The van der Waals surface area contributed by atoms with Crippen LogP contribution >= 0.6 is 11.3 Å². The Balaban J connectivity index is 1.59. The van der Waals surface area contributed by atoms with E-state index in [1.54, 1.807) is 17.7 Å². The summed E-state index contributed by atoms with van der Waals surface area (Å²) in [5.74, 6) is 0.989. The summed E-state index contributed by atoms with van der Waals surface area (Å²) in [6, 6.07) is 0. The number of hydrogen-bond donors (Lipinski definition) is 1. The maximum Gasteiger partial charge on any atom is 0.147 e. The van der Waals surface area contributed by atoms with E-state index in [9.17, 15) is 0 Å². The van der Waals surface area contributed by atoms with E-state index in [-0.39, 0.29) is 0 Å². The third-order valence-electron chi connectivity index (χ3n) is 3.95. The first-order chi connectivity index (χ1) is 9.84. The minimum atomic E-state index is 0.961. The standard InChI is InChI=1S/C15H22N4S/c1-12-10-20-14-13(12)17-11-18-15(14)16-6-9-19-7-4-2-3-5-8-19/h10-11H,2-9H2,1H3,(H,16,17,18). The number of fused-ring (bicyclic) bond motifs is 1. The monoisotopic (exact) mass is 290 g/mol. The molecule has 0 aliphatic carbocycles. The number of anilines is 1. The normalized spacial score (nSPS) is 17.2. The number of rotatable bonds is 4. The first kappa shape index (κ1) is 13.8. The lowest BCUT2D eigenvalue weighted by Crippen LogP contribution is -2.30. The zero-order valence-electron chi connectivity index (χ0n) is 12.1. The maximum atomic E-state index is 4.39. The van der Waals surface area contributed by atoms with E-state index < -0.39 is 0 Å². The molecule has 1 N–H and O–H groups in total. The van der Waals surface area contributed by atoms with Crippen molar-refractivity contribution in [2.75, 3.05) is 31.5 Å². The molecule has 0 bridgehead atoms. The molecule has 0 radical (unpaired) electrons. The molecule has 0 amide bonds. The number of aryl methyl sites for hydroxylation is 1. The van der Waals surface area contributed by atoms with Crippen LogP contribution < -0.4 is 5.32 Å². The van der Waals surface area contributed by atoms with Gasteiger partial charge in [-0.05, 0) is 43.8 Å². The van der Waals surface area contributed by atoms with E-state index in [2.05, 4.69) is 32.5 Å². The Bertz CT molecular complexity index is 558. The molecule has 3 heterocycles. The summed E-state index contributed by atoms with van der Waals surface area (Å²) in [6.45, 7) is 6.67. The molecule has 3 rings (SSSR count). The van der Waals surface area contributed by atoms with Crippen LogP contribution in [0.3, 0.4) is 0 Å². The van der Waals surface area contributed by atoms with Crippen molar-refractivity contribution < 1.29 is 0 Å². The Labute approximate surface area is 124 Å². The molecule has 5 heteroatoms. The Hall–Kier alpha value is -1.20. The van der Waals surface area contributed by atoms with Gasteiger partial charge in [0.1, 0.15) is 12.1 Å². The van der Waals surface area contributed by atoms with Gasteiger partial charge in [-0.2, -0.15) is 0 Å². The molecule has 1 aliphatic heterocycles. The molecular formula is C15H22N4S. The van der Waals surface area contributed by atoms with Crippen LogP contribution in [-0.4, -0.2) is 41.0 Å². The van der Waals surface area contributed by atoms with Gasteiger partial charge in [0.15, 0.2) is 0 Å². The molecule has 2 aromatic rings. The molecule has 1 saturated heterocycles. The van der Waals surface area contributed by atoms with Crippen LogP contribution in [0, 0.1) is 6.92 Å². The Kier molecular flexibility index (Phi) is 4.47. The van der Waals surface area contributed by atoms with Crippen molar-refractivity contribution in [1.29, 1.82) is 0 Å². The van der Waals surface area contributed by atoms with Gasteiger partial charge in [-0.1, -0.05) is 12.8 Å². The van der Waals surface area contributed by atoms with Crippen LogP contribution in [0.2, 0.25) is 0 Å². The van der Waals surface area contributed by atoms with Gasteiger partial charge in [-0.3, -0.25) is 0 Å². The Morgan fingerprint density at radius 1 is 1.20 bits per heavy atom. The fraction of sp³-hybridized carbons (Fsp3) is 0.600. The fourth-order valence-corrected chi connectivity index (χ4v) is 3.76. The predicted molar refractivity (Wildman–Crippen MR) is 85.5 cm³/mol. The van der Waals surface area contributed by atoms with Gasteiger partial charge in [0.05, 0.1) is 10.2 Å². The maximum absolute atomic E-state index is 4.39. The highest BCUT2D eigenvalue weighted by molar-refractivity contribution is 7.18. The van der Waals surface area contributed by atoms with Crippen LogP contribution in [0.5, 0.6) is 0 Å². The lowest BCUT2D eigenvalue weighted by Gasteiger charge is -2.19. The van der Waals surface area contributed by atoms with Crippen LogP contribution in [-0.2, 0) is 0 Å². The largest absolute Gasteiger partial charge is 0.367 e. The van der Waals surface area contributed by atoms with Gasteiger partial charge in [0.2, 0.25) is 0 Å². The van der Waals surface area contributed by atoms with Crippen molar-refractivity contribution in [2.24, 2.45) is 0 Å². The highest BCUT2D eigenvalue weighted by Gasteiger charge is 2.10. The van der Waals surface area contributed by atoms with Gasteiger partial charge in [0, 0.05) is 13.1 Å². The molecule has 0 unspecified atom stereocenters. The third-order valence-corrected chi connectivity index (χ3v) is 5.04. The predicted octanol–water partition coefficient (Wildman–Crippen LogP) is 3.29. The topological polar surface area (TPSA) is 41.0 Å². The van der Waals surface area contributed by atoms with Crippen LogP contribution in [0.1, 0.15) is 31.2 Å². The van der Waals surface area contributed by atoms with Gasteiger partial charge in [0.25, 0.3) is 0 Å². The number of likely N-dealkylation sites (tertiary alicyclic amines) is 1. The second kappa shape index (κ2) is 6.50. The van der Waals surface area contributed by atoms with Gasteiger partial charge < -0.3 is 10.2 Å². The minimum absolute atomic E-state index is 0.961. The second-order valence-corrected chi connectivity index (χ2v) is 6.38. The Morgan fingerprint density at radius 2 is 2.00 bits per heavy atom. The Morgan fingerprint density at radius 3 is 2.80 bits per heavy atom. The van der Waals surface area contributed by atoms with Crippen molar-refractivity contribution >= 4 is 27.4 Å². The molecule has 4 nitrogen and oxygen atoms in total. The number of nitrogens with one attached hydrogen (secondary N) is 1. The summed E-state index contributed by atoms with van der Waals surface area (Å²) in [7, 11) is 0. The van der Waals surface area contributed by atoms with E-state index >= 15 is 0 Å². The molecule has 0 spiro atoms. The first-order valence-electron chi connectivity index (χ1n) is 7.49. The average molecular weight is 290 g/mol. The lowest BCUT2D eigenvalue weighted by molar-refractivity contribution is 0.296. The van der Waals surface area contributed by atoms with E-state index in [1.165, 1.54) is 49.0 Å². The minimum Gasteiger partial charge on any atom is -0.367 e. The van der Waals surface area contributed by atoms with Crippen molar-refractivity contribution in [2.45, 2.75) is 32.6 Å². The fourth-order valence-electron chi connectivity index (χ4n) is 2.79. The zero-order valence-corrected chi connectivity index (χ0v) is 12.9. The second-order valence-electron chi connectivity index (χ2n) is 5.50. The molecule has 20 heavy (non-hydrogen) atoms. The van der Waals surface area contributed by atoms with Gasteiger partial charge in [-0.25, -0.2) is 9.97 Å². The number of thiophene rings is 1. The summed E-state index contributed by atoms with van der Waals surface area (Å²) < 4.78 is 1.18. The quantitative estimate of drug-likeness (QED) is 0.938. The van der Waals surface area contributed by atoms with Crippen molar-refractivity contribution in [1.82, 2.24) is 14.9 Å². The number of nitrogens with zero attached hydrogens (tertiary/aromatic N) is 3. The average Bonchev–Trinajstić information content (AvgIpc) is 2.69. The summed E-state index contributed by atoms with van der Waals surface area (Å²) in [4.78, 5) is 11.3. The van der Waals surface area contributed by atoms with Gasteiger partial charge >= 0.3 is 0 Å². The smallest absolute Gasteiger partial charge is 0.147 e. The summed E-state index contributed by atoms with van der Waals surface area (Å²) in [6.07, 6.45) is 7.15. The van der Waals surface area contributed by atoms with Crippen LogP contribution in [0.15, 0.2) is 11.7 Å². The van der Waals surface area contributed by atoms with E-state index in [0.717, 1.165) is 24.4 Å². The molecule has 0 aromatic carbocycles. The summed E-state index contributed by atoms with van der Waals surface area (Å²) in [5, 5.41) is 5.64. The van der Waals surface area contributed by atoms with Crippen LogP contribution in [0.25, 0.3) is 10.2 Å². The molecule has 2 aromatic heterocycles. The molecule has 1 aliphatic rings. The highest BCUT2D eigenvalue weighted by atomic mass is 32.1. The van der Waals surface area contributed by atoms with Crippen molar-refractivity contribution in [3.8, 4) is 0 Å². The number of hydrogen-bond acceptors (Lipinski definition) is 5. The highest BCUT2D eigenvalue weighted by Crippen LogP contribution is 2.28. The van der Waals surface area contributed by atoms with Crippen molar-refractivity contribution in [3.05, 3.63) is 17.3 Å². The zero-order chi connectivity index (χ0) is 13.8.